The van der Waals surface area contributed by atoms with E-state index in [2.05, 4.69) is 6.92 Å². The number of carbonyl (C=O) groups is 2. The zero-order valence-corrected chi connectivity index (χ0v) is 16.1. The molecule has 0 aliphatic heterocycles. The summed E-state index contributed by atoms with van der Waals surface area (Å²) in [7, 11) is 1.71. The van der Waals surface area contributed by atoms with Crippen LogP contribution in [0.2, 0.25) is 0 Å². The molecule has 26 heavy (non-hydrogen) atoms. The minimum absolute atomic E-state index is 0.0536. The van der Waals surface area contributed by atoms with Crippen molar-refractivity contribution in [1.29, 1.82) is 0 Å². The van der Waals surface area contributed by atoms with Crippen LogP contribution in [0.3, 0.4) is 0 Å². The predicted octanol–water partition coefficient (Wildman–Crippen LogP) is 5.98. The average Bonchev–Trinajstić information content (AvgIpc) is 2.93. The van der Waals surface area contributed by atoms with Crippen molar-refractivity contribution in [2.75, 3.05) is 0 Å². The zero-order valence-electron chi connectivity index (χ0n) is 16.1. The van der Waals surface area contributed by atoms with E-state index in [1.807, 2.05) is 24.3 Å². The van der Waals surface area contributed by atoms with Crippen molar-refractivity contribution in [3.63, 3.8) is 0 Å². The highest BCUT2D eigenvalue weighted by molar-refractivity contribution is 6.15. The number of nitrogens with zero attached hydrogens (tertiary/aromatic N) is 1. The lowest BCUT2D eigenvalue weighted by molar-refractivity contribution is 0.0682. The van der Waals surface area contributed by atoms with E-state index in [1.54, 1.807) is 11.6 Å². The molecule has 2 rings (SSSR count). The number of ketones is 1. The summed E-state index contributed by atoms with van der Waals surface area (Å²) in [5, 5.41) is 10.3. The second-order valence-corrected chi connectivity index (χ2v) is 7.11. The average molecular weight is 357 g/mol. The first-order valence-corrected chi connectivity index (χ1v) is 9.91. The van der Waals surface area contributed by atoms with Crippen molar-refractivity contribution >= 4 is 22.7 Å². The Kier molecular flexibility index (Phi) is 7.89. The van der Waals surface area contributed by atoms with E-state index in [9.17, 15) is 14.7 Å². The fraction of sp³-hybridized carbons (Fsp3) is 0.545. The summed E-state index contributed by atoms with van der Waals surface area (Å²) in [6.07, 6.45) is 11.2. The molecule has 2 aromatic rings. The minimum Gasteiger partial charge on any atom is -0.477 e. The highest BCUT2D eigenvalue weighted by atomic mass is 16.4. The molecule has 0 radical (unpaired) electrons. The maximum atomic E-state index is 12.7. The van der Waals surface area contributed by atoms with Gasteiger partial charge in [0.1, 0.15) is 5.69 Å². The number of aromatic carboxylic acids is 1. The first-order chi connectivity index (χ1) is 12.6. The van der Waals surface area contributed by atoms with E-state index in [-0.39, 0.29) is 11.5 Å². The van der Waals surface area contributed by atoms with Crippen LogP contribution < -0.4 is 0 Å². The number of fused-ring (bicyclic) bond motifs is 1. The topological polar surface area (TPSA) is 59.3 Å². The van der Waals surface area contributed by atoms with Gasteiger partial charge in [-0.1, -0.05) is 76.5 Å². The smallest absolute Gasteiger partial charge is 0.353 e. The third kappa shape index (κ3) is 4.96. The van der Waals surface area contributed by atoms with Crippen molar-refractivity contribution < 1.29 is 14.7 Å². The van der Waals surface area contributed by atoms with Crippen LogP contribution in [0.25, 0.3) is 10.9 Å². The molecule has 0 unspecified atom stereocenters. The number of carbonyl (C=O) groups excluding carboxylic acids is 1. The number of aromatic nitrogens is 1. The molecule has 0 aliphatic carbocycles. The molecule has 0 saturated heterocycles. The SMILES string of the molecule is CCCCCCCCCCCC(=O)c1c(C(=O)O)n(C)c2ccccc12. The van der Waals surface area contributed by atoms with Crippen LogP contribution in [0.15, 0.2) is 24.3 Å². The van der Waals surface area contributed by atoms with Crippen molar-refractivity contribution in [3.8, 4) is 0 Å². The fourth-order valence-corrected chi connectivity index (χ4v) is 3.65. The molecule has 1 aromatic heterocycles. The van der Waals surface area contributed by atoms with Gasteiger partial charge < -0.3 is 9.67 Å². The van der Waals surface area contributed by atoms with Crippen molar-refractivity contribution in [3.05, 3.63) is 35.5 Å². The molecule has 4 heteroatoms. The van der Waals surface area contributed by atoms with E-state index in [1.165, 1.54) is 38.5 Å². The Hall–Kier alpha value is -2.10. The van der Waals surface area contributed by atoms with E-state index in [0.717, 1.165) is 30.2 Å². The largest absolute Gasteiger partial charge is 0.477 e. The van der Waals surface area contributed by atoms with Gasteiger partial charge in [0.15, 0.2) is 5.78 Å². The van der Waals surface area contributed by atoms with Crippen LogP contribution in [0, 0.1) is 0 Å². The van der Waals surface area contributed by atoms with Crippen LogP contribution in [0.4, 0.5) is 0 Å². The van der Waals surface area contributed by atoms with Crippen LogP contribution in [-0.2, 0) is 7.05 Å². The molecule has 0 amide bonds. The number of unbranched alkanes of at least 4 members (excludes halogenated alkanes) is 8. The summed E-state index contributed by atoms with van der Waals surface area (Å²) in [5.41, 5.74) is 1.27. The number of hydrogen-bond donors (Lipinski definition) is 1. The van der Waals surface area contributed by atoms with Gasteiger partial charge in [0.2, 0.25) is 0 Å². The lowest BCUT2D eigenvalue weighted by Gasteiger charge is -2.04. The predicted molar refractivity (Wildman–Crippen MR) is 106 cm³/mol. The van der Waals surface area contributed by atoms with Gasteiger partial charge in [0, 0.05) is 24.4 Å². The monoisotopic (exact) mass is 357 g/mol. The number of hydrogen-bond acceptors (Lipinski definition) is 2. The standard InChI is InChI=1S/C22H31NO3/c1-3-4-5-6-7-8-9-10-11-16-19(24)20-17-14-12-13-15-18(17)23(2)21(20)22(25)26/h12-15H,3-11,16H2,1-2H3,(H,25,26). The second-order valence-electron chi connectivity index (χ2n) is 7.11. The van der Waals surface area contributed by atoms with Crippen LogP contribution in [0.5, 0.6) is 0 Å². The van der Waals surface area contributed by atoms with Crippen LogP contribution >= 0.6 is 0 Å². The summed E-state index contributed by atoms with van der Waals surface area (Å²) >= 11 is 0. The quantitative estimate of drug-likeness (QED) is 0.375. The summed E-state index contributed by atoms with van der Waals surface area (Å²) in [4.78, 5) is 24.4. The third-order valence-corrected chi connectivity index (χ3v) is 5.10. The Balaban J connectivity index is 1.90. The molecule has 1 heterocycles. The molecular formula is C22H31NO3. The van der Waals surface area contributed by atoms with Crippen LogP contribution in [-0.4, -0.2) is 21.4 Å². The van der Waals surface area contributed by atoms with Crippen molar-refractivity contribution in [2.24, 2.45) is 7.05 Å². The molecule has 142 valence electrons. The number of carboxylic acid groups (broad SMARTS) is 1. The highest BCUT2D eigenvalue weighted by Crippen LogP contribution is 2.27. The van der Waals surface area contributed by atoms with E-state index in [4.69, 9.17) is 0 Å². The second kappa shape index (κ2) is 10.1. The fourth-order valence-electron chi connectivity index (χ4n) is 3.65. The number of para-hydroxylation sites is 1. The van der Waals surface area contributed by atoms with Gasteiger partial charge in [0.25, 0.3) is 0 Å². The third-order valence-electron chi connectivity index (χ3n) is 5.10. The molecule has 0 aliphatic rings. The molecule has 0 spiro atoms. The van der Waals surface area contributed by atoms with Gasteiger partial charge >= 0.3 is 5.97 Å². The normalized spacial score (nSPS) is 11.2. The molecule has 4 nitrogen and oxygen atoms in total. The zero-order chi connectivity index (χ0) is 18.9. The molecule has 1 N–H and O–H groups in total. The lowest BCUT2D eigenvalue weighted by Crippen LogP contribution is -2.11. The molecular weight excluding hydrogens is 326 g/mol. The molecule has 0 saturated carbocycles. The highest BCUT2D eigenvalue weighted by Gasteiger charge is 2.24. The summed E-state index contributed by atoms with van der Waals surface area (Å²) in [5.74, 6) is -1.10. The maximum absolute atomic E-state index is 12.7. The summed E-state index contributed by atoms with van der Waals surface area (Å²) in [6.45, 7) is 2.22. The van der Waals surface area contributed by atoms with Gasteiger partial charge in [-0.2, -0.15) is 0 Å². The molecule has 1 aromatic carbocycles. The van der Waals surface area contributed by atoms with Gasteiger partial charge in [-0.05, 0) is 12.5 Å². The van der Waals surface area contributed by atoms with Gasteiger partial charge in [-0.3, -0.25) is 4.79 Å². The van der Waals surface area contributed by atoms with Gasteiger partial charge in [0.05, 0.1) is 5.56 Å². The Labute approximate surface area is 156 Å². The number of rotatable bonds is 12. The van der Waals surface area contributed by atoms with E-state index >= 15 is 0 Å². The van der Waals surface area contributed by atoms with E-state index < -0.39 is 5.97 Å². The first-order valence-electron chi connectivity index (χ1n) is 9.91. The Morgan fingerprint density at radius 1 is 0.923 bits per heavy atom. The Morgan fingerprint density at radius 3 is 2.12 bits per heavy atom. The molecule has 0 fully saturated rings. The number of Topliss-reactive ketones (excluding diaryl/α,β-unsaturated/α-hetero) is 1. The first kappa shape index (κ1) is 20.2. The lowest BCUT2D eigenvalue weighted by atomic mass is 10.0. The number of benzene rings is 1. The Morgan fingerprint density at radius 2 is 1.50 bits per heavy atom. The van der Waals surface area contributed by atoms with E-state index in [0.29, 0.717) is 12.0 Å². The molecule has 0 bridgehead atoms. The van der Waals surface area contributed by atoms with Gasteiger partial charge in [-0.15, -0.1) is 0 Å². The molecule has 0 atom stereocenters. The Bertz CT molecular complexity index is 745. The maximum Gasteiger partial charge on any atom is 0.353 e. The van der Waals surface area contributed by atoms with Crippen molar-refractivity contribution in [2.45, 2.75) is 71.1 Å². The number of aryl methyl sites for hydroxylation is 1. The number of carboxylic acids is 1. The summed E-state index contributed by atoms with van der Waals surface area (Å²) < 4.78 is 1.61. The van der Waals surface area contributed by atoms with Gasteiger partial charge in [-0.25, -0.2) is 4.79 Å². The van der Waals surface area contributed by atoms with Crippen molar-refractivity contribution in [1.82, 2.24) is 4.57 Å². The van der Waals surface area contributed by atoms with Crippen LogP contribution in [0.1, 0.15) is 92.0 Å². The summed E-state index contributed by atoms with van der Waals surface area (Å²) in [6, 6.07) is 7.41. The minimum atomic E-state index is -1.04.